The Balaban J connectivity index is 1.25. The molecule has 118 valence electrons. The lowest BCUT2D eigenvalue weighted by molar-refractivity contribution is 0.170. The summed E-state index contributed by atoms with van der Waals surface area (Å²) in [7, 11) is 0. The van der Waals surface area contributed by atoms with Crippen molar-refractivity contribution in [1.82, 2.24) is 20.4 Å². The van der Waals surface area contributed by atoms with E-state index < -0.39 is 0 Å². The summed E-state index contributed by atoms with van der Waals surface area (Å²) >= 11 is 1.65. The van der Waals surface area contributed by atoms with Crippen molar-refractivity contribution in [2.45, 2.75) is 38.3 Å². The van der Waals surface area contributed by atoms with Gasteiger partial charge in [0.15, 0.2) is 0 Å². The van der Waals surface area contributed by atoms with Crippen LogP contribution in [0.15, 0.2) is 21.3 Å². The highest BCUT2D eigenvalue weighted by molar-refractivity contribution is 7.08. The quantitative estimate of drug-likeness (QED) is 0.887. The summed E-state index contributed by atoms with van der Waals surface area (Å²) in [6, 6.07) is 2.72. The van der Waals surface area contributed by atoms with Gasteiger partial charge < -0.3 is 9.84 Å². The highest BCUT2D eigenvalue weighted by Crippen LogP contribution is 2.28. The average molecular weight is 318 g/mol. The summed E-state index contributed by atoms with van der Waals surface area (Å²) in [6.45, 7) is 4.21. The van der Waals surface area contributed by atoms with E-state index in [1.165, 1.54) is 32.2 Å². The molecule has 3 heterocycles. The molecule has 0 aromatic carbocycles. The lowest BCUT2D eigenvalue weighted by atomic mass is 10.0. The van der Waals surface area contributed by atoms with E-state index in [0.717, 1.165) is 37.0 Å². The minimum Gasteiger partial charge on any atom is -0.338 e. The molecule has 2 aromatic heterocycles. The van der Waals surface area contributed by atoms with Crippen LogP contribution < -0.4 is 5.32 Å². The zero-order valence-electron chi connectivity index (χ0n) is 12.7. The van der Waals surface area contributed by atoms with Crippen molar-refractivity contribution < 1.29 is 4.52 Å². The van der Waals surface area contributed by atoms with Crippen LogP contribution in [0.3, 0.4) is 0 Å². The Hall–Kier alpha value is -1.24. The predicted molar refractivity (Wildman–Crippen MR) is 86.6 cm³/mol. The van der Waals surface area contributed by atoms with E-state index in [2.05, 4.69) is 20.4 Å². The lowest BCUT2D eigenvalue weighted by Crippen LogP contribution is -2.42. The maximum atomic E-state index is 5.39. The summed E-state index contributed by atoms with van der Waals surface area (Å²) < 4.78 is 5.39. The molecule has 1 N–H and O–H groups in total. The Labute approximate surface area is 134 Å². The van der Waals surface area contributed by atoms with Gasteiger partial charge in [-0.3, -0.25) is 4.90 Å². The van der Waals surface area contributed by atoms with Crippen molar-refractivity contribution in [2.24, 2.45) is 5.92 Å². The highest BCUT2D eigenvalue weighted by atomic mass is 32.1. The van der Waals surface area contributed by atoms with Crippen LogP contribution >= 0.6 is 11.3 Å². The Morgan fingerprint density at radius 3 is 2.86 bits per heavy atom. The minimum absolute atomic E-state index is 0.695. The number of aromatic nitrogens is 2. The monoisotopic (exact) mass is 318 g/mol. The summed E-state index contributed by atoms with van der Waals surface area (Å²) in [6.07, 6.45) is 5.29. The fraction of sp³-hybridized carbons (Fsp3) is 0.625. The standard InChI is InChI=1S/C16H22N4OS/c1-2-12(1)9-17-14-3-6-20(7-4-14)10-15-18-16(19-21-15)13-5-8-22-11-13/h5,8,11-12,14,17H,1-4,6-7,9-10H2. The molecule has 0 radical (unpaired) electrons. The SMILES string of the molecule is c1cc(-c2noc(CN3CCC(NCC4CC4)CC3)n2)cs1. The van der Waals surface area contributed by atoms with Gasteiger partial charge in [-0.1, -0.05) is 5.16 Å². The number of piperidine rings is 1. The van der Waals surface area contributed by atoms with Crippen LogP contribution in [-0.4, -0.2) is 40.7 Å². The van der Waals surface area contributed by atoms with Gasteiger partial charge in [0.25, 0.3) is 0 Å². The van der Waals surface area contributed by atoms with Gasteiger partial charge in [-0.2, -0.15) is 16.3 Å². The van der Waals surface area contributed by atoms with E-state index in [9.17, 15) is 0 Å². The molecule has 5 nitrogen and oxygen atoms in total. The van der Waals surface area contributed by atoms with Gasteiger partial charge in [-0.05, 0) is 49.6 Å². The first-order chi connectivity index (χ1) is 10.9. The third-order valence-electron chi connectivity index (χ3n) is 4.59. The molecule has 22 heavy (non-hydrogen) atoms. The molecular formula is C16H22N4OS. The van der Waals surface area contributed by atoms with Crippen LogP contribution in [0.4, 0.5) is 0 Å². The topological polar surface area (TPSA) is 54.2 Å². The highest BCUT2D eigenvalue weighted by Gasteiger charge is 2.25. The molecule has 0 spiro atoms. The number of nitrogens with one attached hydrogen (secondary N) is 1. The molecule has 2 aromatic rings. The number of thiophene rings is 1. The molecule has 0 bridgehead atoms. The van der Waals surface area contributed by atoms with Gasteiger partial charge in [0.1, 0.15) is 0 Å². The Morgan fingerprint density at radius 1 is 1.27 bits per heavy atom. The van der Waals surface area contributed by atoms with Crippen molar-refractivity contribution >= 4 is 11.3 Å². The number of rotatable bonds is 6. The molecule has 6 heteroatoms. The molecule has 1 saturated heterocycles. The zero-order chi connectivity index (χ0) is 14.8. The molecule has 2 aliphatic rings. The van der Waals surface area contributed by atoms with Crippen molar-refractivity contribution in [3.63, 3.8) is 0 Å². The molecule has 1 aliphatic carbocycles. The van der Waals surface area contributed by atoms with Gasteiger partial charge in [0, 0.05) is 30.1 Å². The third-order valence-corrected chi connectivity index (χ3v) is 5.27. The van der Waals surface area contributed by atoms with Gasteiger partial charge in [-0.25, -0.2) is 0 Å². The number of likely N-dealkylation sites (tertiary alicyclic amines) is 1. The van der Waals surface area contributed by atoms with E-state index in [1.807, 2.05) is 16.8 Å². The van der Waals surface area contributed by atoms with Crippen molar-refractivity contribution in [3.8, 4) is 11.4 Å². The second-order valence-electron chi connectivity index (χ2n) is 6.43. The van der Waals surface area contributed by atoms with Crippen LogP contribution in [-0.2, 0) is 6.54 Å². The van der Waals surface area contributed by atoms with Crippen LogP contribution in [0.2, 0.25) is 0 Å². The van der Waals surface area contributed by atoms with E-state index in [-0.39, 0.29) is 0 Å². The van der Waals surface area contributed by atoms with Crippen LogP contribution in [0.1, 0.15) is 31.6 Å². The third kappa shape index (κ3) is 3.56. The maximum absolute atomic E-state index is 5.39. The van der Waals surface area contributed by atoms with E-state index in [4.69, 9.17) is 4.52 Å². The normalized spacial score (nSPS) is 20.5. The Kier molecular flexibility index (Phi) is 4.23. The average Bonchev–Trinajstić information content (AvgIpc) is 3.01. The van der Waals surface area contributed by atoms with Crippen LogP contribution in [0, 0.1) is 5.92 Å². The van der Waals surface area contributed by atoms with E-state index >= 15 is 0 Å². The summed E-state index contributed by atoms with van der Waals surface area (Å²) in [5, 5.41) is 11.9. The molecule has 1 saturated carbocycles. The first-order valence-electron chi connectivity index (χ1n) is 8.18. The fourth-order valence-electron chi connectivity index (χ4n) is 2.97. The Bertz CT molecular complexity index is 585. The first-order valence-corrected chi connectivity index (χ1v) is 9.12. The second-order valence-corrected chi connectivity index (χ2v) is 7.21. The van der Waals surface area contributed by atoms with Crippen LogP contribution in [0.5, 0.6) is 0 Å². The van der Waals surface area contributed by atoms with E-state index in [0.29, 0.717) is 11.9 Å². The van der Waals surface area contributed by atoms with Crippen molar-refractivity contribution in [1.29, 1.82) is 0 Å². The fourth-order valence-corrected chi connectivity index (χ4v) is 3.60. The molecule has 0 amide bonds. The molecule has 1 aliphatic heterocycles. The maximum Gasteiger partial charge on any atom is 0.241 e. The first kappa shape index (κ1) is 14.4. The minimum atomic E-state index is 0.695. The van der Waals surface area contributed by atoms with E-state index in [1.54, 1.807) is 11.3 Å². The molecular weight excluding hydrogens is 296 g/mol. The number of hydrogen-bond acceptors (Lipinski definition) is 6. The number of nitrogens with zero attached hydrogens (tertiary/aromatic N) is 3. The molecule has 0 unspecified atom stereocenters. The van der Waals surface area contributed by atoms with Crippen molar-refractivity contribution in [2.75, 3.05) is 19.6 Å². The van der Waals surface area contributed by atoms with Crippen molar-refractivity contribution in [3.05, 3.63) is 22.7 Å². The van der Waals surface area contributed by atoms with Gasteiger partial charge in [-0.15, -0.1) is 0 Å². The zero-order valence-corrected chi connectivity index (χ0v) is 13.5. The Morgan fingerprint density at radius 2 is 2.14 bits per heavy atom. The molecule has 2 fully saturated rings. The summed E-state index contributed by atoms with van der Waals surface area (Å²) in [5.74, 6) is 2.40. The number of hydrogen-bond donors (Lipinski definition) is 1. The van der Waals surface area contributed by atoms with Gasteiger partial charge in [0.2, 0.25) is 11.7 Å². The smallest absolute Gasteiger partial charge is 0.241 e. The van der Waals surface area contributed by atoms with Gasteiger partial charge >= 0.3 is 0 Å². The molecule has 4 rings (SSSR count). The summed E-state index contributed by atoms with van der Waals surface area (Å²) in [5.41, 5.74) is 1.04. The second kappa shape index (κ2) is 6.48. The van der Waals surface area contributed by atoms with Gasteiger partial charge in [0.05, 0.1) is 6.54 Å². The largest absolute Gasteiger partial charge is 0.338 e. The predicted octanol–water partition coefficient (Wildman–Crippen LogP) is 2.76. The lowest BCUT2D eigenvalue weighted by Gasteiger charge is -2.31. The summed E-state index contributed by atoms with van der Waals surface area (Å²) in [4.78, 5) is 6.92. The molecule has 0 atom stereocenters. The van der Waals surface area contributed by atoms with Crippen LogP contribution in [0.25, 0.3) is 11.4 Å².